The number of aliphatic hydroxyl groups is 3. The maximum Gasteiger partial charge on any atom is 0.305 e. The van der Waals surface area contributed by atoms with Crippen molar-refractivity contribution in [2.24, 2.45) is 11.1 Å². The van der Waals surface area contributed by atoms with Gasteiger partial charge >= 0.3 is 5.97 Å². The number of aromatic amines is 2. The Kier molecular flexibility index (Phi) is 45.6. The van der Waals surface area contributed by atoms with Crippen LogP contribution in [0, 0.1) is 25.1 Å². The summed E-state index contributed by atoms with van der Waals surface area (Å²) < 4.78 is 56.5. The number of halogens is 1. The maximum absolute atomic E-state index is 15.6. The molecule has 7 rings (SSSR count). The lowest BCUT2D eigenvalue weighted by molar-refractivity contribution is -0.143. The van der Waals surface area contributed by atoms with Gasteiger partial charge in [-0.2, -0.15) is 5.21 Å². The summed E-state index contributed by atoms with van der Waals surface area (Å²) in [6.07, 6.45) is 1.88. The number of tetrazole rings is 1. The van der Waals surface area contributed by atoms with Crippen LogP contribution in [0.5, 0.6) is 5.75 Å². The van der Waals surface area contributed by atoms with Crippen LogP contribution in [0.2, 0.25) is 0 Å². The lowest BCUT2D eigenvalue weighted by Gasteiger charge is -2.34. The summed E-state index contributed by atoms with van der Waals surface area (Å²) in [5, 5.41) is 88.7. The average molecular weight is 1880 g/mol. The predicted octanol–water partition coefficient (Wildman–Crippen LogP) is -0.487. The molecule has 18 N–H and O–H groups in total. The van der Waals surface area contributed by atoms with Crippen molar-refractivity contribution >= 4 is 70.9 Å². The van der Waals surface area contributed by atoms with Gasteiger partial charge in [-0.05, 0) is 145 Å². The van der Waals surface area contributed by atoms with Crippen LogP contribution in [-0.4, -0.2) is 296 Å². The average Bonchev–Trinajstić information content (AvgIpc) is 0.928. The van der Waals surface area contributed by atoms with Gasteiger partial charge in [-0.1, -0.05) is 95.2 Å². The number of nitrogens with zero attached hydrogens (tertiary/aromatic N) is 7. The molecule has 10 atom stereocenters. The van der Waals surface area contributed by atoms with Crippen molar-refractivity contribution in [2.75, 3.05) is 99.0 Å². The van der Waals surface area contributed by atoms with Crippen LogP contribution in [0.15, 0.2) is 104 Å². The van der Waals surface area contributed by atoms with E-state index in [1.165, 1.54) is 38.4 Å². The molecule has 44 heteroatoms. The Morgan fingerprint density at radius 3 is 1.81 bits per heavy atom. The fourth-order valence-corrected chi connectivity index (χ4v) is 13.8. The number of primary amides is 1. The number of nitrogens with two attached hydrogens (primary N) is 1. The molecule has 0 aliphatic heterocycles. The molecule has 7 aromatic rings. The number of unbranched alkanes of at least 4 members (excludes halogenated alkanes) is 1. The third-order valence-electron chi connectivity index (χ3n) is 21.2. The van der Waals surface area contributed by atoms with Gasteiger partial charge in [0.15, 0.2) is 5.82 Å². The highest BCUT2D eigenvalue weighted by Gasteiger charge is 2.44. The topological polar surface area (TPSA) is 611 Å². The second-order valence-corrected chi connectivity index (χ2v) is 32.7. The Morgan fingerprint density at radius 1 is 0.590 bits per heavy atom. The zero-order chi connectivity index (χ0) is 97.7. The minimum absolute atomic E-state index is 0.0605. The molecule has 0 aliphatic rings. The van der Waals surface area contributed by atoms with E-state index in [2.05, 4.69) is 94.1 Å². The van der Waals surface area contributed by atoms with Crippen LogP contribution >= 0.6 is 0 Å². The first-order valence-corrected chi connectivity index (χ1v) is 44.3. The minimum atomic E-state index is -2.42. The molecule has 0 saturated heterocycles. The second-order valence-electron chi connectivity index (χ2n) is 32.7. The van der Waals surface area contributed by atoms with Crippen LogP contribution in [0.4, 0.5) is 4.39 Å². The summed E-state index contributed by atoms with van der Waals surface area (Å²) >= 11 is 0. The van der Waals surface area contributed by atoms with Crippen molar-refractivity contribution in [3.05, 3.63) is 160 Å². The van der Waals surface area contributed by atoms with Crippen molar-refractivity contribution in [1.82, 2.24) is 98.8 Å². The van der Waals surface area contributed by atoms with E-state index in [1.807, 2.05) is 70.3 Å². The van der Waals surface area contributed by atoms with E-state index >= 15 is 4.39 Å². The van der Waals surface area contributed by atoms with Gasteiger partial charge in [0.25, 0.3) is 0 Å². The molecule has 11 amide bonds. The largest absolute Gasteiger partial charge is 0.494 e. The molecule has 732 valence electrons. The number of aryl methyl sites for hydroxylation is 5. The van der Waals surface area contributed by atoms with Crippen LogP contribution in [0.3, 0.4) is 0 Å². The highest BCUT2D eigenvalue weighted by Crippen LogP contribution is 2.30. The Labute approximate surface area is 775 Å². The standard InChI is InChI=1S/C90H127FN20O23/c1-10-61-45-66(134-30-15-14-29-111-51-65(105-110-111)53-133-40-39-132-38-37-131-36-35-130-34-33-129-32-31-128-11-2)25-26-67(61)62-23-21-59(22-24-62)44-70(81(120)97-69(79(92)118)20-16-17-60-42-55(3)41-56(4)43-60)98-82(121)72(47-76(116)117)99-83(122)73(52-112)100-84(123)77(57(5)113)103-88(127)90(9,48-63-18-12-13-19-68(63)91)104-85(124)78(58(6)114)102-75(115)50-95-80(119)71(46-74-106-108-109-107-74)101-87(126)89(7,8)86(125)94-28-27-64-49-93-54-96-64/h12-13,18-19,21-26,41-43,45,49,51,54,57-58,69-73,77-78,112-114H,10-11,14-17,20,27-40,44,46-48,50,52-53H2,1-9H3,(H2,92,118)(H,93,96)(H,94,125)(H,95,119)(H,97,120)(H,98,121)(H,99,122)(H,100,123)(H,101,126)(H,102,115)(H,103,127)(H,104,124)(H,116,117)(H,106,107,108,109)/t57-,58-,69+,70+,71+,72+,73+,77+,78+,90?/m1/s1. The zero-order valence-corrected chi connectivity index (χ0v) is 76.9. The number of H-pyrrole nitrogens is 2. The van der Waals surface area contributed by atoms with Crippen LogP contribution in [0.25, 0.3) is 11.1 Å². The number of benzene rings is 4. The first-order chi connectivity index (χ1) is 64.1. The number of rotatable bonds is 64. The molecule has 1 unspecified atom stereocenters. The van der Waals surface area contributed by atoms with Crippen LogP contribution in [-0.2, 0) is 138 Å². The fourth-order valence-electron chi connectivity index (χ4n) is 13.8. The molecule has 43 nitrogen and oxygen atoms in total. The molecule has 0 fully saturated rings. The number of carboxylic acid groups (broad SMARTS) is 1. The molecular weight excluding hydrogens is 1750 g/mol. The molecule has 0 saturated carbocycles. The first kappa shape index (κ1) is 108. The molecule has 0 bridgehead atoms. The first-order valence-electron chi connectivity index (χ1n) is 44.3. The number of aromatic nitrogens is 9. The number of hydrogen-bond acceptors (Lipinski definition) is 28. The van der Waals surface area contributed by atoms with Gasteiger partial charge in [0.05, 0.1) is 124 Å². The number of aliphatic carboxylic acids is 1. The third kappa shape index (κ3) is 37.0. The van der Waals surface area contributed by atoms with Gasteiger partial charge in [0, 0.05) is 57.3 Å². The third-order valence-corrected chi connectivity index (χ3v) is 21.2. The monoisotopic (exact) mass is 1870 g/mol. The van der Waals surface area contributed by atoms with E-state index in [0.29, 0.717) is 141 Å². The number of carboxylic acids is 1. The molecule has 3 aromatic heterocycles. The highest BCUT2D eigenvalue weighted by atomic mass is 19.1. The number of carbonyl (C=O) groups is 12. The van der Waals surface area contributed by atoms with Crippen molar-refractivity contribution in [2.45, 2.75) is 206 Å². The normalized spacial score (nSPS) is 13.9. The SMILES string of the molecule is CCOCCOCCOCCOCCOCCOCc1cn(CCCCOc2ccc(-c3ccc(C[C@H](NC(=O)[C@H](CC(=O)O)NC(=O)[C@H](CO)NC(=O)[C@@H](NC(=O)C(C)(Cc4ccccc4F)NC(=O)[C@@H](NC(=O)CNC(=O)[C@H](Cc4nn[nH]n4)NC(=O)C(C)(C)C(=O)NCCc4cnc[nH]4)[C@@H](C)O)[C@@H](C)O)C(=O)N[C@@H](CCCc4cc(C)cc(C)c4)C(N)=O)cc3)c(CC)c2)nn1. The molecule has 0 radical (unpaired) electrons. The van der Waals surface area contributed by atoms with E-state index < -0.39 is 175 Å². The maximum atomic E-state index is 15.6. The summed E-state index contributed by atoms with van der Waals surface area (Å²) in [7, 11) is 0. The van der Waals surface area contributed by atoms with Crippen LogP contribution in [0.1, 0.15) is 131 Å². The van der Waals surface area contributed by atoms with E-state index in [-0.39, 0.29) is 37.4 Å². The van der Waals surface area contributed by atoms with Gasteiger partial charge < -0.3 is 117 Å². The summed E-state index contributed by atoms with van der Waals surface area (Å²) in [6.45, 7) is 18.0. The van der Waals surface area contributed by atoms with Gasteiger partial charge in [0.1, 0.15) is 70.5 Å². The number of amides is 11. The Hall–Kier alpha value is -12.7. The number of aliphatic hydroxyl groups excluding tert-OH is 3. The predicted molar refractivity (Wildman–Crippen MR) is 480 cm³/mol. The van der Waals surface area contributed by atoms with Gasteiger partial charge in [0.2, 0.25) is 65.0 Å². The second kappa shape index (κ2) is 56.4. The quantitative estimate of drug-likeness (QED) is 0.0169. The van der Waals surface area contributed by atoms with Gasteiger partial charge in [-0.25, -0.2) is 9.37 Å². The minimum Gasteiger partial charge on any atom is -0.494 e. The molecule has 3 heterocycles. The number of nitrogens with one attached hydrogen (secondary N) is 12. The van der Waals surface area contributed by atoms with Crippen molar-refractivity contribution in [3.8, 4) is 16.9 Å². The zero-order valence-electron chi connectivity index (χ0n) is 76.9. The molecule has 0 spiro atoms. The lowest BCUT2D eigenvalue weighted by Crippen LogP contribution is -2.67. The number of carbonyl (C=O) groups excluding carboxylic acids is 11. The number of hydrogen-bond donors (Lipinski definition) is 17. The van der Waals surface area contributed by atoms with Crippen molar-refractivity contribution in [3.63, 3.8) is 0 Å². The lowest BCUT2D eigenvalue weighted by atomic mass is 9.90. The number of imidazole rings is 1. The molecule has 4 aromatic carbocycles. The highest BCUT2D eigenvalue weighted by molar-refractivity contribution is 6.06. The van der Waals surface area contributed by atoms with E-state index in [4.69, 9.17) is 38.9 Å². The van der Waals surface area contributed by atoms with E-state index in [1.54, 1.807) is 35.1 Å². The van der Waals surface area contributed by atoms with Crippen molar-refractivity contribution in [1.29, 1.82) is 0 Å². The molecule has 134 heavy (non-hydrogen) atoms. The summed E-state index contributed by atoms with van der Waals surface area (Å²) in [5.74, 6) is -14.3. The Morgan fingerprint density at radius 2 is 1.20 bits per heavy atom. The van der Waals surface area contributed by atoms with Gasteiger partial charge in [-0.15, -0.1) is 15.3 Å². The molecule has 0 aliphatic carbocycles. The summed E-state index contributed by atoms with van der Waals surface area (Å²) in [5.41, 5.74) is 8.93. The molecular formula is C90H127FN20O23. The van der Waals surface area contributed by atoms with E-state index in [9.17, 15) is 78.0 Å². The summed E-state index contributed by atoms with van der Waals surface area (Å²) in [6, 6.07) is 10.9. The van der Waals surface area contributed by atoms with Crippen molar-refractivity contribution < 1.29 is 116 Å². The Balaban J connectivity index is 0.974. The number of ether oxygens (including phenoxy) is 7. The fraction of sp³-hybridized carbons (Fsp3) is 0.533. The summed E-state index contributed by atoms with van der Waals surface area (Å²) in [4.78, 5) is 174. The smallest absolute Gasteiger partial charge is 0.305 e. The van der Waals surface area contributed by atoms with E-state index in [0.717, 1.165) is 66.6 Å². The van der Waals surface area contributed by atoms with Gasteiger partial charge in [-0.3, -0.25) is 62.2 Å². The Bertz CT molecular complexity index is 4890. The van der Waals surface area contributed by atoms with Crippen LogP contribution < -0.4 is 63.6 Å².